The maximum atomic E-state index is 12.8. The number of urea groups is 1. The first-order valence-corrected chi connectivity index (χ1v) is 11.8. The van der Waals surface area contributed by atoms with E-state index in [9.17, 15) is 4.79 Å². The summed E-state index contributed by atoms with van der Waals surface area (Å²) in [5.41, 5.74) is 1.92. The van der Waals surface area contributed by atoms with Gasteiger partial charge in [-0.25, -0.2) is 4.79 Å². The summed E-state index contributed by atoms with van der Waals surface area (Å²) >= 11 is 0. The lowest BCUT2D eigenvalue weighted by Crippen LogP contribution is -2.48. The molecule has 30 heavy (non-hydrogen) atoms. The lowest BCUT2D eigenvalue weighted by molar-refractivity contribution is -0.00517. The molecule has 3 atom stereocenters. The standard InChI is InChI=1S/C24H40N4O2/c1-5-20(6-2)23(27-13-9-10-14-27)15-25-24(29)26-21-11-7-8-12-22(21)28-16-18(3)30-19(4)17-28/h7-8,11-12,18-20,23H,5-6,9-10,13-17H2,1-4H3,(H2,25,26,29)/t18-,19-,23-/m0/s1. The Labute approximate surface area is 182 Å². The van der Waals surface area contributed by atoms with Gasteiger partial charge in [-0.15, -0.1) is 0 Å². The molecule has 0 saturated carbocycles. The molecule has 0 bridgehead atoms. The second-order valence-electron chi connectivity index (χ2n) is 8.90. The number of carbonyl (C=O) groups excluding carboxylic acids is 1. The highest BCUT2D eigenvalue weighted by molar-refractivity contribution is 5.93. The SMILES string of the molecule is CCC(CC)[C@H](CNC(=O)Nc1ccccc1N1C[C@H](C)O[C@@H](C)C1)N1CCCC1. The van der Waals surface area contributed by atoms with Crippen LogP contribution in [0, 0.1) is 5.92 Å². The Bertz CT molecular complexity index is 661. The van der Waals surface area contributed by atoms with E-state index in [-0.39, 0.29) is 18.2 Å². The van der Waals surface area contributed by atoms with Gasteiger partial charge in [0.2, 0.25) is 0 Å². The first-order chi connectivity index (χ1) is 14.5. The molecular weight excluding hydrogens is 376 g/mol. The van der Waals surface area contributed by atoms with Crippen molar-refractivity contribution in [3.8, 4) is 0 Å². The van der Waals surface area contributed by atoms with Crippen LogP contribution in [0.25, 0.3) is 0 Å². The van der Waals surface area contributed by atoms with Gasteiger partial charge < -0.3 is 20.3 Å². The van der Waals surface area contributed by atoms with Crippen LogP contribution < -0.4 is 15.5 Å². The summed E-state index contributed by atoms with van der Waals surface area (Å²) in [7, 11) is 0. The Morgan fingerprint density at radius 2 is 1.73 bits per heavy atom. The second-order valence-corrected chi connectivity index (χ2v) is 8.90. The Kier molecular flexibility index (Phi) is 8.40. The van der Waals surface area contributed by atoms with Crippen LogP contribution in [0.3, 0.4) is 0 Å². The van der Waals surface area contributed by atoms with E-state index in [1.54, 1.807) is 0 Å². The van der Waals surface area contributed by atoms with Gasteiger partial charge in [-0.1, -0.05) is 38.8 Å². The smallest absolute Gasteiger partial charge is 0.319 e. The lowest BCUT2D eigenvalue weighted by Gasteiger charge is -2.37. The molecule has 6 heteroatoms. The van der Waals surface area contributed by atoms with Crippen molar-refractivity contribution in [3.05, 3.63) is 24.3 Å². The van der Waals surface area contributed by atoms with E-state index in [1.165, 1.54) is 12.8 Å². The first-order valence-electron chi connectivity index (χ1n) is 11.8. The molecule has 0 unspecified atom stereocenters. The van der Waals surface area contributed by atoms with Crippen molar-refractivity contribution in [1.29, 1.82) is 0 Å². The molecule has 0 aliphatic carbocycles. The molecule has 168 valence electrons. The van der Waals surface area contributed by atoms with Gasteiger partial charge in [0.15, 0.2) is 0 Å². The van der Waals surface area contributed by atoms with Crippen LogP contribution in [-0.2, 0) is 4.74 Å². The molecule has 2 heterocycles. The highest BCUT2D eigenvalue weighted by atomic mass is 16.5. The van der Waals surface area contributed by atoms with Crippen LogP contribution >= 0.6 is 0 Å². The van der Waals surface area contributed by atoms with Crippen molar-refractivity contribution in [3.63, 3.8) is 0 Å². The molecule has 0 aromatic heterocycles. The van der Waals surface area contributed by atoms with Gasteiger partial charge in [0.05, 0.1) is 23.6 Å². The summed E-state index contributed by atoms with van der Waals surface area (Å²) < 4.78 is 5.87. The summed E-state index contributed by atoms with van der Waals surface area (Å²) in [6.07, 6.45) is 5.20. The normalized spacial score (nSPS) is 23.6. The van der Waals surface area contributed by atoms with Crippen LogP contribution in [0.4, 0.5) is 16.2 Å². The topological polar surface area (TPSA) is 56.8 Å². The van der Waals surface area contributed by atoms with Crippen molar-refractivity contribution >= 4 is 17.4 Å². The monoisotopic (exact) mass is 416 g/mol. The zero-order valence-electron chi connectivity index (χ0n) is 19.2. The molecule has 1 aromatic carbocycles. The molecule has 2 aliphatic rings. The fourth-order valence-electron chi connectivity index (χ4n) is 5.09. The number of ether oxygens (including phenoxy) is 1. The number of nitrogens with zero attached hydrogens (tertiary/aromatic N) is 2. The molecule has 3 rings (SSSR count). The van der Waals surface area contributed by atoms with Crippen molar-refractivity contribution in [1.82, 2.24) is 10.2 Å². The Hall–Kier alpha value is -1.79. The number of para-hydroxylation sites is 2. The van der Waals surface area contributed by atoms with E-state index >= 15 is 0 Å². The molecule has 6 nitrogen and oxygen atoms in total. The van der Waals surface area contributed by atoms with E-state index < -0.39 is 0 Å². The van der Waals surface area contributed by atoms with Gasteiger partial charge in [0, 0.05) is 25.7 Å². The summed E-state index contributed by atoms with van der Waals surface area (Å²) in [6, 6.07) is 8.37. The minimum absolute atomic E-state index is 0.119. The highest BCUT2D eigenvalue weighted by Crippen LogP contribution is 2.28. The molecule has 0 radical (unpaired) electrons. The minimum Gasteiger partial charge on any atom is -0.372 e. The predicted octanol–water partition coefficient (Wildman–Crippen LogP) is 4.32. The van der Waals surface area contributed by atoms with Crippen LogP contribution in [0.2, 0.25) is 0 Å². The second kappa shape index (κ2) is 11.0. The Morgan fingerprint density at radius 1 is 1.10 bits per heavy atom. The molecule has 2 amide bonds. The summed E-state index contributed by atoms with van der Waals surface area (Å²) in [4.78, 5) is 17.7. The molecule has 0 spiro atoms. The maximum absolute atomic E-state index is 12.8. The van der Waals surface area contributed by atoms with E-state index in [0.717, 1.165) is 50.4 Å². The third-order valence-electron chi connectivity index (χ3n) is 6.59. The molecule has 2 saturated heterocycles. The number of hydrogen-bond donors (Lipinski definition) is 2. The number of hydrogen-bond acceptors (Lipinski definition) is 4. The van der Waals surface area contributed by atoms with Gasteiger partial charge in [-0.3, -0.25) is 4.90 Å². The number of rotatable bonds is 8. The fourth-order valence-corrected chi connectivity index (χ4v) is 5.09. The average molecular weight is 417 g/mol. The number of benzene rings is 1. The third kappa shape index (κ3) is 5.88. The molecule has 1 aromatic rings. The zero-order chi connectivity index (χ0) is 21.5. The van der Waals surface area contributed by atoms with Gasteiger partial charge in [-0.2, -0.15) is 0 Å². The van der Waals surface area contributed by atoms with Gasteiger partial charge in [0.25, 0.3) is 0 Å². The highest BCUT2D eigenvalue weighted by Gasteiger charge is 2.28. The number of anilines is 2. The predicted molar refractivity (Wildman–Crippen MR) is 124 cm³/mol. The summed E-state index contributed by atoms with van der Waals surface area (Å²) in [5.74, 6) is 0.618. The van der Waals surface area contributed by atoms with E-state index in [1.807, 2.05) is 18.2 Å². The van der Waals surface area contributed by atoms with Crippen LogP contribution in [0.1, 0.15) is 53.4 Å². The number of carbonyl (C=O) groups is 1. The van der Waals surface area contributed by atoms with Crippen LogP contribution in [-0.4, -0.2) is 61.9 Å². The zero-order valence-corrected chi connectivity index (χ0v) is 19.2. The van der Waals surface area contributed by atoms with Crippen molar-refractivity contribution in [2.45, 2.75) is 71.6 Å². The maximum Gasteiger partial charge on any atom is 0.319 e. The quantitative estimate of drug-likeness (QED) is 0.663. The molecular formula is C24H40N4O2. The van der Waals surface area contributed by atoms with Gasteiger partial charge in [-0.05, 0) is 57.8 Å². The number of likely N-dealkylation sites (tertiary alicyclic amines) is 1. The van der Waals surface area contributed by atoms with E-state index in [0.29, 0.717) is 18.5 Å². The minimum atomic E-state index is -0.119. The molecule has 2 N–H and O–H groups in total. The Balaban J connectivity index is 1.63. The molecule has 2 aliphatic heterocycles. The molecule has 2 fully saturated rings. The lowest BCUT2D eigenvalue weighted by atomic mass is 9.93. The van der Waals surface area contributed by atoms with Crippen LogP contribution in [0.15, 0.2) is 24.3 Å². The average Bonchev–Trinajstić information content (AvgIpc) is 3.25. The number of nitrogens with one attached hydrogen (secondary N) is 2. The van der Waals surface area contributed by atoms with Crippen molar-refractivity contribution < 1.29 is 9.53 Å². The number of amides is 2. The summed E-state index contributed by atoms with van der Waals surface area (Å²) in [5, 5.41) is 6.28. The van der Waals surface area contributed by atoms with Gasteiger partial charge >= 0.3 is 6.03 Å². The largest absolute Gasteiger partial charge is 0.372 e. The van der Waals surface area contributed by atoms with Crippen molar-refractivity contribution in [2.75, 3.05) is 42.9 Å². The third-order valence-corrected chi connectivity index (χ3v) is 6.59. The fraction of sp³-hybridized carbons (Fsp3) is 0.708. The van der Waals surface area contributed by atoms with E-state index in [2.05, 4.69) is 54.2 Å². The summed E-state index contributed by atoms with van der Waals surface area (Å²) in [6.45, 7) is 13.4. The first kappa shape index (κ1) is 22.9. The Morgan fingerprint density at radius 3 is 2.37 bits per heavy atom. The van der Waals surface area contributed by atoms with E-state index in [4.69, 9.17) is 4.74 Å². The number of morpholine rings is 1. The van der Waals surface area contributed by atoms with Gasteiger partial charge in [0.1, 0.15) is 0 Å². The van der Waals surface area contributed by atoms with Crippen molar-refractivity contribution in [2.24, 2.45) is 5.92 Å². The van der Waals surface area contributed by atoms with Crippen LogP contribution in [0.5, 0.6) is 0 Å².